The van der Waals surface area contributed by atoms with E-state index in [1.165, 1.54) is 6.20 Å². The smallest absolute Gasteiger partial charge is 0.417 e. The maximum absolute atomic E-state index is 14.8. The minimum atomic E-state index is -4.78. The molecule has 3 aliphatic rings. The van der Waals surface area contributed by atoms with Crippen LogP contribution in [0.25, 0.3) is 0 Å². The lowest BCUT2D eigenvalue weighted by Crippen LogP contribution is -2.52. The largest absolute Gasteiger partial charge is 0.446 e. The summed E-state index contributed by atoms with van der Waals surface area (Å²) in [5.74, 6) is -3.04. The van der Waals surface area contributed by atoms with Gasteiger partial charge in [0.1, 0.15) is 17.3 Å². The highest BCUT2D eigenvalue weighted by molar-refractivity contribution is 6.30. The maximum atomic E-state index is 14.8. The molecule has 0 saturated carbocycles. The quantitative estimate of drug-likeness (QED) is 0.471. The van der Waals surface area contributed by atoms with Crippen molar-refractivity contribution in [3.05, 3.63) is 52.2 Å². The molecule has 2 aromatic heterocycles. The first kappa shape index (κ1) is 20.4. The number of alkyl halides is 3. The first-order valence-electron chi connectivity index (χ1n) is 9.31. The standard InChI is InChI=1S/C19H14ClF4N3O4/c20-14-13-11(1-4-25-14)17(2-3-18(13)30-5-6-31-18)9-29-16(28)27(17)15-12(21)7-10(8-26-15)19(22,23)24/h1,4,7-8H,2-3,5-6,9H2/t17-/m1/s1. The molecule has 1 amide bonds. The van der Waals surface area contributed by atoms with Crippen LogP contribution in [0.3, 0.4) is 0 Å². The lowest BCUT2D eigenvalue weighted by Gasteiger charge is -2.45. The Labute approximate surface area is 177 Å². The fraction of sp³-hybridized carbons (Fsp3) is 0.421. The summed E-state index contributed by atoms with van der Waals surface area (Å²) < 4.78 is 70.5. The molecule has 0 unspecified atom stereocenters. The number of hydrogen-bond acceptors (Lipinski definition) is 6. The van der Waals surface area contributed by atoms with Crippen LogP contribution in [0.5, 0.6) is 0 Å². The van der Waals surface area contributed by atoms with Crippen LogP contribution in [0.1, 0.15) is 29.5 Å². The molecule has 5 rings (SSSR count). The molecule has 2 saturated heterocycles. The predicted molar refractivity (Wildman–Crippen MR) is 96.8 cm³/mol. The molecule has 0 bridgehead atoms. The number of halogens is 5. The molecule has 2 aromatic rings. The van der Waals surface area contributed by atoms with Crippen molar-refractivity contribution in [2.75, 3.05) is 24.7 Å². The first-order chi connectivity index (χ1) is 14.7. The Hall–Kier alpha value is -2.50. The van der Waals surface area contributed by atoms with Crippen LogP contribution in [0.4, 0.5) is 28.2 Å². The van der Waals surface area contributed by atoms with E-state index >= 15 is 0 Å². The number of anilines is 1. The van der Waals surface area contributed by atoms with Crippen LogP contribution in [-0.2, 0) is 31.7 Å². The second-order valence-corrected chi connectivity index (χ2v) is 7.78. The Morgan fingerprint density at radius 1 is 1.16 bits per heavy atom. The van der Waals surface area contributed by atoms with E-state index in [0.29, 0.717) is 36.6 Å². The van der Waals surface area contributed by atoms with E-state index in [2.05, 4.69) is 9.97 Å². The van der Waals surface area contributed by atoms with Gasteiger partial charge in [-0.3, -0.25) is 0 Å². The van der Waals surface area contributed by atoms with Gasteiger partial charge in [-0.15, -0.1) is 0 Å². The molecule has 2 spiro atoms. The average Bonchev–Trinajstić information content (AvgIpc) is 3.31. The molecule has 2 aliphatic heterocycles. The number of nitrogens with zero attached hydrogens (tertiary/aromatic N) is 3. The average molecular weight is 460 g/mol. The third-order valence-electron chi connectivity index (χ3n) is 5.81. The van der Waals surface area contributed by atoms with Crippen molar-refractivity contribution < 1.29 is 36.6 Å². The highest BCUT2D eigenvalue weighted by atomic mass is 35.5. The zero-order valence-electron chi connectivity index (χ0n) is 15.7. The summed E-state index contributed by atoms with van der Waals surface area (Å²) in [6.07, 6.45) is -3.39. The second kappa shape index (κ2) is 6.75. The third kappa shape index (κ3) is 2.90. The van der Waals surface area contributed by atoms with Gasteiger partial charge in [-0.25, -0.2) is 24.1 Å². The normalized spacial score (nSPS) is 24.7. The van der Waals surface area contributed by atoms with Crippen LogP contribution in [-0.4, -0.2) is 35.9 Å². The Bertz CT molecular complexity index is 1080. The number of cyclic esters (lactones) is 1. The fourth-order valence-electron chi connectivity index (χ4n) is 4.47. The minimum absolute atomic E-state index is 0.0821. The van der Waals surface area contributed by atoms with Gasteiger partial charge in [-0.05, 0) is 24.1 Å². The molecule has 1 aliphatic carbocycles. The number of pyridine rings is 2. The number of carbonyl (C=O) groups is 1. The lowest BCUT2D eigenvalue weighted by atomic mass is 9.74. The number of hydrogen-bond donors (Lipinski definition) is 0. The predicted octanol–water partition coefficient (Wildman–Crippen LogP) is 4.13. The van der Waals surface area contributed by atoms with Crippen LogP contribution in [0.15, 0.2) is 24.5 Å². The maximum Gasteiger partial charge on any atom is 0.417 e. The summed E-state index contributed by atoms with van der Waals surface area (Å²) in [6, 6.07) is 1.89. The molecule has 12 heteroatoms. The Kier molecular flexibility index (Phi) is 4.44. The van der Waals surface area contributed by atoms with Crippen molar-refractivity contribution in [1.82, 2.24) is 9.97 Å². The van der Waals surface area contributed by atoms with E-state index in [-0.39, 0.29) is 24.6 Å². The van der Waals surface area contributed by atoms with E-state index in [9.17, 15) is 22.4 Å². The summed E-state index contributed by atoms with van der Waals surface area (Å²) in [5, 5.41) is 0.0821. The number of amides is 1. The van der Waals surface area contributed by atoms with Crippen LogP contribution >= 0.6 is 11.6 Å². The Morgan fingerprint density at radius 3 is 2.58 bits per heavy atom. The molecule has 0 N–H and O–H groups in total. The molecule has 164 valence electrons. The van der Waals surface area contributed by atoms with Crippen LogP contribution < -0.4 is 4.90 Å². The highest BCUT2D eigenvalue weighted by Crippen LogP contribution is 2.54. The molecule has 0 aromatic carbocycles. The van der Waals surface area contributed by atoms with Gasteiger partial charge in [0.15, 0.2) is 17.4 Å². The molecule has 7 nitrogen and oxygen atoms in total. The van der Waals surface area contributed by atoms with Crippen molar-refractivity contribution >= 4 is 23.5 Å². The summed E-state index contributed by atoms with van der Waals surface area (Å²) >= 11 is 6.38. The number of carbonyl (C=O) groups excluding carboxylic acids is 1. The van der Waals surface area contributed by atoms with Gasteiger partial charge in [-0.2, -0.15) is 13.2 Å². The van der Waals surface area contributed by atoms with E-state index in [4.69, 9.17) is 25.8 Å². The zero-order valence-corrected chi connectivity index (χ0v) is 16.5. The van der Waals surface area contributed by atoms with Gasteiger partial charge < -0.3 is 14.2 Å². The van der Waals surface area contributed by atoms with E-state index in [0.717, 1.165) is 4.90 Å². The van der Waals surface area contributed by atoms with Crippen molar-refractivity contribution in [2.45, 2.75) is 30.3 Å². The Balaban J connectivity index is 1.68. The van der Waals surface area contributed by atoms with Gasteiger partial charge in [0.2, 0.25) is 0 Å². The van der Waals surface area contributed by atoms with E-state index in [1.807, 2.05) is 0 Å². The second-order valence-electron chi connectivity index (χ2n) is 7.42. The molecule has 4 heterocycles. The molecule has 0 radical (unpaired) electrons. The van der Waals surface area contributed by atoms with Crippen molar-refractivity contribution in [2.24, 2.45) is 0 Å². The minimum Gasteiger partial charge on any atom is -0.446 e. The highest BCUT2D eigenvalue weighted by Gasteiger charge is 2.59. The summed E-state index contributed by atoms with van der Waals surface area (Å²) in [5.41, 5.74) is -1.70. The molecule has 2 fully saturated rings. The SMILES string of the molecule is O=C1OC[C@@]2(CCC3(OCCO3)c3c2ccnc3Cl)N1c1ncc(C(F)(F)F)cc1F. The molecular formula is C19H14ClF4N3O4. The van der Waals surface area contributed by atoms with Gasteiger partial charge >= 0.3 is 12.3 Å². The Morgan fingerprint density at radius 2 is 1.90 bits per heavy atom. The topological polar surface area (TPSA) is 73.8 Å². The van der Waals surface area contributed by atoms with Crippen molar-refractivity contribution in [1.29, 1.82) is 0 Å². The monoisotopic (exact) mass is 459 g/mol. The molecule has 31 heavy (non-hydrogen) atoms. The zero-order chi connectivity index (χ0) is 22.0. The summed E-state index contributed by atoms with van der Waals surface area (Å²) in [6.45, 7) is 0.467. The molecular weight excluding hydrogens is 446 g/mol. The third-order valence-corrected chi connectivity index (χ3v) is 6.10. The number of ether oxygens (including phenoxy) is 3. The van der Waals surface area contributed by atoms with Crippen molar-refractivity contribution in [3.63, 3.8) is 0 Å². The molecule has 1 atom stereocenters. The number of aromatic nitrogens is 2. The van der Waals surface area contributed by atoms with Gasteiger partial charge in [0, 0.05) is 18.8 Å². The fourth-order valence-corrected chi connectivity index (χ4v) is 4.77. The number of fused-ring (bicyclic) bond motifs is 3. The van der Waals surface area contributed by atoms with Crippen molar-refractivity contribution in [3.8, 4) is 0 Å². The summed E-state index contributed by atoms with van der Waals surface area (Å²) in [4.78, 5) is 21.3. The van der Waals surface area contributed by atoms with E-state index < -0.39 is 40.8 Å². The van der Waals surface area contributed by atoms with E-state index in [1.54, 1.807) is 6.07 Å². The number of rotatable bonds is 1. The van der Waals surface area contributed by atoms with Gasteiger partial charge in [0.05, 0.1) is 24.3 Å². The van der Waals surface area contributed by atoms with Gasteiger partial charge in [-0.1, -0.05) is 11.6 Å². The lowest BCUT2D eigenvalue weighted by molar-refractivity contribution is -0.180. The first-order valence-corrected chi connectivity index (χ1v) is 9.69. The summed E-state index contributed by atoms with van der Waals surface area (Å²) in [7, 11) is 0. The van der Waals surface area contributed by atoms with Crippen LogP contribution in [0.2, 0.25) is 5.15 Å². The van der Waals surface area contributed by atoms with Crippen LogP contribution in [0, 0.1) is 5.82 Å². The van der Waals surface area contributed by atoms with Gasteiger partial charge in [0.25, 0.3) is 0 Å².